The molecule has 0 aliphatic heterocycles. The van der Waals surface area contributed by atoms with Gasteiger partial charge in [-0.15, -0.1) is 0 Å². The molecule has 6 heteroatoms. The van der Waals surface area contributed by atoms with Crippen molar-refractivity contribution in [1.82, 2.24) is 4.57 Å². The van der Waals surface area contributed by atoms with Crippen molar-refractivity contribution in [2.75, 3.05) is 14.2 Å². The first-order valence-electron chi connectivity index (χ1n) is 7.99. The van der Waals surface area contributed by atoms with Crippen LogP contribution in [0, 0.1) is 6.92 Å². The summed E-state index contributed by atoms with van der Waals surface area (Å²) >= 11 is 0. The minimum Gasteiger partial charge on any atom is -0.497 e. The molecule has 0 amide bonds. The van der Waals surface area contributed by atoms with E-state index in [0.717, 1.165) is 24.1 Å². The first-order chi connectivity index (χ1) is 11.5. The Morgan fingerprint density at radius 2 is 2.00 bits per heavy atom. The summed E-state index contributed by atoms with van der Waals surface area (Å²) in [6.45, 7) is 1.89. The number of carbonyl (C=O) groups is 1. The number of methoxy groups -OCH3 is 2. The lowest BCUT2D eigenvalue weighted by Gasteiger charge is -2.20. The number of hydrogen-bond acceptors (Lipinski definition) is 4. The van der Waals surface area contributed by atoms with Gasteiger partial charge in [-0.1, -0.05) is 0 Å². The first kappa shape index (κ1) is 16.4. The second-order valence-corrected chi connectivity index (χ2v) is 6.11. The Morgan fingerprint density at radius 1 is 1.29 bits per heavy atom. The molecule has 1 aromatic carbocycles. The summed E-state index contributed by atoms with van der Waals surface area (Å²) in [7, 11) is 3.11. The van der Waals surface area contributed by atoms with Crippen molar-refractivity contribution in [2.24, 2.45) is 0 Å². The number of hydrogen-bond donors (Lipinski definition) is 1. The van der Waals surface area contributed by atoms with Crippen LogP contribution in [-0.2, 0) is 11.2 Å². The van der Waals surface area contributed by atoms with Gasteiger partial charge in [0.25, 0.3) is 0 Å². The van der Waals surface area contributed by atoms with Gasteiger partial charge in [0.05, 0.1) is 25.1 Å². The van der Waals surface area contributed by atoms with E-state index in [1.165, 1.54) is 0 Å². The molecule has 2 aromatic rings. The van der Waals surface area contributed by atoms with Gasteiger partial charge in [0.2, 0.25) is 0 Å². The summed E-state index contributed by atoms with van der Waals surface area (Å²) in [4.78, 5) is 23.9. The number of carboxylic acids is 1. The van der Waals surface area contributed by atoms with E-state index in [9.17, 15) is 9.59 Å². The molecule has 0 radical (unpaired) electrons. The fraction of sp³-hybridized carbons (Fsp3) is 0.444. The van der Waals surface area contributed by atoms with Crippen LogP contribution >= 0.6 is 0 Å². The molecule has 1 heterocycles. The molecule has 0 saturated heterocycles. The fourth-order valence-corrected chi connectivity index (χ4v) is 3.23. The van der Waals surface area contributed by atoms with Gasteiger partial charge in [0, 0.05) is 29.8 Å². The average Bonchev–Trinajstić information content (AvgIpc) is 3.38. The van der Waals surface area contributed by atoms with E-state index in [4.69, 9.17) is 14.6 Å². The maximum absolute atomic E-state index is 13.0. The molecule has 0 spiro atoms. The molecule has 1 aliphatic rings. The van der Waals surface area contributed by atoms with E-state index < -0.39 is 5.97 Å². The largest absolute Gasteiger partial charge is 0.497 e. The third-order valence-electron chi connectivity index (χ3n) is 4.56. The average molecular weight is 331 g/mol. The topological polar surface area (TPSA) is 77.8 Å². The molecule has 1 aromatic heterocycles. The van der Waals surface area contributed by atoms with E-state index in [1.807, 2.05) is 6.92 Å². The SMILES string of the molecule is COc1cc(OC)c2c(c1)c(=O)c(CCC(=O)O)c(C)n2C1CC1. The van der Waals surface area contributed by atoms with Crippen molar-refractivity contribution in [2.45, 2.75) is 38.6 Å². The molecule has 0 bridgehead atoms. The van der Waals surface area contributed by atoms with Gasteiger partial charge in [-0.25, -0.2) is 0 Å². The quantitative estimate of drug-likeness (QED) is 0.880. The van der Waals surface area contributed by atoms with E-state index >= 15 is 0 Å². The van der Waals surface area contributed by atoms with Gasteiger partial charge < -0.3 is 19.1 Å². The lowest BCUT2D eigenvalue weighted by molar-refractivity contribution is -0.136. The summed E-state index contributed by atoms with van der Waals surface area (Å²) in [5.74, 6) is 0.239. The van der Waals surface area contributed by atoms with Crippen LogP contribution in [0.1, 0.15) is 36.6 Å². The number of nitrogens with zero attached hydrogens (tertiary/aromatic N) is 1. The smallest absolute Gasteiger partial charge is 0.303 e. The monoisotopic (exact) mass is 331 g/mol. The predicted molar refractivity (Wildman–Crippen MR) is 90.3 cm³/mol. The zero-order chi connectivity index (χ0) is 17.4. The molecule has 24 heavy (non-hydrogen) atoms. The maximum Gasteiger partial charge on any atom is 0.303 e. The zero-order valence-corrected chi connectivity index (χ0v) is 14.1. The van der Waals surface area contributed by atoms with Gasteiger partial charge in [-0.2, -0.15) is 0 Å². The highest BCUT2D eigenvalue weighted by atomic mass is 16.5. The Morgan fingerprint density at radius 3 is 2.54 bits per heavy atom. The lowest BCUT2D eigenvalue weighted by Crippen LogP contribution is -2.20. The number of ether oxygens (including phenoxy) is 2. The first-order valence-corrected chi connectivity index (χ1v) is 7.99. The van der Waals surface area contributed by atoms with Crippen LogP contribution in [-0.4, -0.2) is 29.9 Å². The highest BCUT2D eigenvalue weighted by Gasteiger charge is 2.29. The molecule has 128 valence electrons. The number of aliphatic carboxylic acids is 1. The number of pyridine rings is 1. The molecule has 1 saturated carbocycles. The molecule has 1 N–H and O–H groups in total. The lowest BCUT2D eigenvalue weighted by atomic mass is 10.0. The van der Waals surface area contributed by atoms with Crippen LogP contribution in [0.3, 0.4) is 0 Å². The second kappa shape index (κ2) is 6.19. The Balaban J connectivity index is 2.34. The van der Waals surface area contributed by atoms with Crippen molar-refractivity contribution in [3.63, 3.8) is 0 Å². The molecular formula is C18H21NO5. The summed E-state index contributed by atoms with van der Waals surface area (Å²) in [6, 6.07) is 3.82. The Kier molecular flexibility index (Phi) is 4.22. The second-order valence-electron chi connectivity index (χ2n) is 6.11. The van der Waals surface area contributed by atoms with Crippen LogP contribution in [0.15, 0.2) is 16.9 Å². The number of aromatic nitrogens is 1. The predicted octanol–water partition coefficient (Wildman–Crippen LogP) is 2.68. The van der Waals surface area contributed by atoms with Crippen LogP contribution in [0.5, 0.6) is 11.5 Å². The number of carboxylic acid groups (broad SMARTS) is 1. The number of rotatable bonds is 6. The fourth-order valence-electron chi connectivity index (χ4n) is 3.23. The van der Waals surface area contributed by atoms with Crippen LogP contribution in [0.2, 0.25) is 0 Å². The summed E-state index contributed by atoms with van der Waals surface area (Å²) < 4.78 is 12.9. The number of benzene rings is 1. The summed E-state index contributed by atoms with van der Waals surface area (Å²) in [5, 5.41) is 9.49. The summed E-state index contributed by atoms with van der Waals surface area (Å²) in [5.41, 5.74) is 2.02. The highest BCUT2D eigenvalue weighted by molar-refractivity contribution is 5.88. The minimum atomic E-state index is -0.907. The molecule has 1 aliphatic carbocycles. The number of fused-ring (bicyclic) bond motifs is 1. The van der Waals surface area contributed by atoms with Crippen LogP contribution in [0.4, 0.5) is 0 Å². The van der Waals surface area contributed by atoms with Crippen molar-refractivity contribution < 1.29 is 19.4 Å². The molecule has 1 fully saturated rings. The maximum atomic E-state index is 13.0. The molecular weight excluding hydrogens is 310 g/mol. The third-order valence-corrected chi connectivity index (χ3v) is 4.56. The normalized spacial score (nSPS) is 14.0. The molecule has 3 rings (SSSR count). The minimum absolute atomic E-state index is 0.0621. The van der Waals surface area contributed by atoms with Crippen molar-refractivity contribution >= 4 is 16.9 Å². The Hall–Kier alpha value is -2.50. The molecule has 6 nitrogen and oxygen atoms in total. The van der Waals surface area contributed by atoms with Gasteiger partial charge in [0.1, 0.15) is 11.5 Å². The van der Waals surface area contributed by atoms with Crippen molar-refractivity contribution in [3.8, 4) is 11.5 Å². The van der Waals surface area contributed by atoms with Gasteiger partial charge >= 0.3 is 5.97 Å². The molecule has 0 atom stereocenters. The van der Waals surface area contributed by atoms with E-state index in [2.05, 4.69) is 4.57 Å². The van der Waals surface area contributed by atoms with Crippen LogP contribution < -0.4 is 14.9 Å². The molecule has 0 unspecified atom stereocenters. The highest BCUT2D eigenvalue weighted by Crippen LogP contribution is 2.41. The van der Waals surface area contributed by atoms with Gasteiger partial charge in [-0.3, -0.25) is 9.59 Å². The van der Waals surface area contributed by atoms with Gasteiger partial charge in [-0.05, 0) is 32.3 Å². The summed E-state index contributed by atoms with van der Waals surface area (Å²) in [6.07, 6.45) is 2.26. The van der Waals surface area contributed by atoms with Crippen molar-refractivity contribution in [1.29, 1.82) is 0 Å². The van der Waals surface area contributed by atoms with E-state index in [-0.39, 0.29) is 18.3 Å². The zero-order valence-electron chi connectivity index (χ0n) is 14.1. The standard InChI is InChI=1S/C18H21NO5/c1-10-13(6-7-16(20)21)18(22)14-8-12(23-2)9-15(24-3)17(14)19(10)11-4-5-11/h8-9,11H,4-7H2,1-3H3,(H,20,21). The Labute approximate surface area is 139 Å². The third kappa shape index (κ3) is 2.72. The van der Waals surface area contributed by atoms with E-state index in [1.54, 1.807) is 26.4 Å². The van der Waals surface area contributed by atoms with Gasteiger partial charge in [0.15, 0.2) is 5.43 Å². The van der Waals surface area contributed by atoms with Crippen LogP contribution in [0.25, 0.3) is 10.9 Å². The Bertz CT molecular complexity index is 864. The van der Waals surface area contributed by atoms with Crippen molar-refractivity contribution in [3.05, 3.63) is 33.6 Å². The van der Waals surface area contributed by atoms with E-state index in [0.29, 0.717) is 28.5 Å².